The predicted molar refractivity (Wildman–Crippen MR) is 94.5 cm³/mol. The zero-order valence-corrected chi connectivity index (χ0v) is 15.4. The molecule has 0 amide bonds. The van der Waals surface area contributed by atoms with E-state index in [9.17, 15) is 22.7 Å². The molecule has 2 N–H and O–H groups in total. The number of anilines is 1. The summed E-state index contributed by atoms with van der Waals surface area (Å²) < 4.78 is 55.9. The first-order chi connectivity index (χ1) is 12.8. The maximum atomic E-state index is 13.3. The van der Waals surface area contributed by atoms with E-state index in [1.165, 1.54) is 32.4 Å². The predicted octanol–water partition coefficient (Wildman–Crippen LogP) is 2.36. The molecule has 10 heteroatoms. The van der Waals surface area contributed by atoms with Crippen LogP contribution < -0.4 is 14.2 Å². The third-order valence-electron chi connectivity index (χ3n) is 3.43. The molecule has 0 saturated heterocycles. The maximum absolute atomic E-state index is 13.3. The topological polar surface area (TPSA) is 111 Å². The highest BCUT2D eigenvalue weighted by Crippen LogP contribution is 2.34. The van der Waals surface area contributed by atoms with E-state index in [1.54, 1.807) is 0 Å². The number of ether oxygens (including phenoxy) is 3. The van der Waals surface area contributed by atoms with Gasteiger partial charge in [-0.15, -0.1) is 0 Å². The van der Waals surface area contributed by atoms with E-state index in [2.05, 4.69) is 4.72 Å². The molecule has 8 nitrogen and oxygen atoms in total. The van der Waals surface area contributed by atoms with Crippen LogP contribution in [0.4, 0.5) is 10.1 Å². The summed E-state index contributed by atoms with van der Waals surface area (Å²) in [4.78, 5) is 11.2. The molecule has 2 aromatic rings. The molecule has 0 saturated carbocycles. The summed E-state index contributed by atoms with van der Waals surface area (Å²) in [5.74, 6) is -1.89. The lowest BCUT2D eigenvalue weighted by molar-refractivity contribution is 0.0697. The van der Waals surface area contributed by atoms with E-state index in [4.69, 9.17) is 14.2 Å². The third kappa shape index (κ3) is 5.08. The van der Waals surface area contributed by atoms with Crippen LogP contribution in [-0.4, -0.2) is 46.9 Å². The maximum Gasteiger partial charge on any atom is 0.337 e. The largest absolute Gasteiger partial charge is 0.493 e. The Morgan fingerprint density at radius 1 is 1.15 bits per heavy atom. The standard InChI is InChI=1S/C17H18FNO7S/c1-24-6-7-26-16-10-14(13(17(20)21)9-15(16)25-2)19-27(22,23)12-5-3-4-11(18)8-12/h3-5,8-10,19H,6-7H2,1-2H3,(H,20,21). The summed E-state index contributed by atoms with van der Waals surface area (Å²) in [6.07, 6.45) is 0. The lowest BCUT2D eigenvalue weighted by Crippen LogP contribution is -2.16. The van der Waals surface area contributed by atoms with Crippen molar-refractivity contribution in [3.05, 3.63) is 47.8 Å². The number of halogens is 1. The SMILES string of the molecule is COCCOc1cc(NS(=O)(=O)c2cccc(F)c2)c(C(=O)O)cc1OC. The first-order valence-electron chi connectivity index (χ1n) is 7.64. The Balaban J connectivity index is 2.46. The van der Waals surface area contributed by atoms with E-state index in [1.807, 2.05) is 0 Å². The van der Waals surface area contributed by atoms with Crippen LogP contribution in [0.15, 0.2) is 41.3 Å². The fraction of sp³-hybridized carbons (Fsp3) is 0.235. The molecule has 0 aliphatic rings. The van der Waals surface area contributed by atoms with Gasteiger partial charge >= 0.3 is 5.97 Å². The highest BCUT2D eigenvalue weighted by atomic mass is 32.2. The Morgan fingerprint density at radius 2 is 1.89 bits per heavy atom. The molecular formula is C17H18FNO7S. The summed E-state index contributed by atoms with van der Waals surface area (Å²) in [5.41, 5.74) is -0.606. The first-order valence-corrected chi connectivity index (χ1v) is 9.12. The molecule has 0 radical (unpaired) electrons. The summed E-state index contributed by atoms with van der Waals surface area (Å²) in [5, 5.41) is 9.39. The van der Waals surface area contributed by atoms with Gasteiger partial charge in [0.05, 0.1) is 29.9 Å². The minimum absolute atomic E-state index is 0.109. The van der Waals surface area contributed by atoms with Crippen molar-refractivity contribution in [1.29, 1.82) is 0 Å². The molecule has 0 atom stereocenters. The van der Waals surface area contributed by atoms with Crippen molar-refractivity contribution in [2.45, 2.75) is 4.90 Å². The number of carboxylic acids is 1. The molecule has 0 aliphatic carbocycles. The number of sulfonamides is 1. The normalized spacial score (nSPS) is 11.1. The van der Waals surface area contributed by atoms with E-state index >= 15 is 0 Å². The highest BCUT2D eigenvalue weighted by molar-refractivity contribution is 7.92. The number of nitrogens with one attached hydrogen (secondary N) is 1. The van der Waals surface area contributed by atoms with Crippen molar-refractivity contribution in [1.82, 2.24) is 0 Å². The average Bonchev–Trinajstić information content (AvgIpc) is 2.61. The number of rotatable bonds is 9. The number of methoxy groups -OCH3 is 2. The van der Waals surface area contributed by atoms with Gasteiger partial charge < -0.3 is 19.3 Å². The zero-order valence-electron chi connectivity index (χ0n) is 14.6. The van der Waals surface area contributed by atoms with Gasteiger partial charge in [0.2, 0.25) is 0 Å². The van der Waals surface area contributed by atoms with Crippen LogP contribution >= 0.6 is 0 Å². The summed E-state index contributed by atoms with van der Waals surface area (Å²) in [6.45, 7) is 0.392. The Kier molecular flexibility index (Phi) is 6.59. The average molecular weight is 399 g/mol. The van der Waals surface area contributed by atoms with Gasteiger partial charge in [-0.1, -0.05) is 6.07 Å². The van der Waals surface area contributed by atoms with E-state index < -0.39 is 21.8 Å². The molecule has 2 aromatic carbocycles. The number of benzene rings is 2. The fourth-order valence-electron chi connectivity index (χ4n) is 2.17. The Morgan fingerprint density at radius 3 is 2.48 bits per heavy atom. The molecular weight excluding hydrogens is 381 g/mol. The van der Waals surface area contributed by atoms with Crippen molar-refractivity contribution in [3.63, 3.8) is 0 Å². The first kappa shape index (κ1) is 20.5. The van der Waals surface area contributed by atoms with E-state index in [0.717, 1.165) is 18.2 Å². The lowest BCUT2D eigenvalue weighted by Gasteiger charge is -2.16. The molecule has 0 unspecified atom stereocenters. The van der Waals surface area contributed by atoms with Gasteiger partial charge in [-0.2, -0.15) is 0 Å². The van der Waals surface area contributed by atoms with Crippen LogP contribution in [0.3, 0.4) is 0 Å². The van der Waals surface area contributed by atoms with Gasteiger partial charge in [0.1, 0.15) is 12.4 Å². The second-order valence-corrected chi connectivity index (χ2v) is 6.94. The minimum atomic E-state index is -4.23. The number of carbonyl (C=O) groups is 1. The smallest absolute Gasteiger partial charge is 0.337 e. The molecule has 0 heterocycles. The quantitative estimate of drug-likeness (QED) is 0.623. The summed E-state index contributed by atoms with van der Waals surface area (Å²) >= 11 is 0. The monoisotopic (exact) mass is 399 g/mol. The van der Waals surface area contributed by atoms with Gasteiger partial charge in [-0.25, -0.2) is 17.6 Å². The molecule has 0 spiro atoms. The number of aromatic carboxylic acids is 1. The third-order valence-corrected chi connectivity index (χ3v) is 4.79. The second-order valence-electron chi connectivity index (χ2n) is 5.26. The second kappa shape index (κ2) is 8.69. The number of hydrogen-bond acceptors (Lipinski definition) is 6. The van der Waals surface area contributed by atoms with Crippen molar-refractivity contribution in [3.8, 4) is 11.5 Å². The van der Waals surface area contributed by atoms with Gasteiger partial charge in [-0.3, -0.25) is 4.72 Å². The van der Waals surface area contributed by atoms with Gasteiger partial charge in [0.25, 0.3) is 10.0 Å². The Labute approximate surface area is 155 Å². The summed E-state index contributed by atoms with van der Waals surface area (Å²) in [6, 6.07) is 6.66. The van der Waals surface area contributed by atoms with Crippen molar-refractivity contribution < 1.29 is 36.9 Å². The van der Waals surface area contributed by atoms with Crippen LogP contribution in [-0.2, 0) is 14.8 Å². The van der Waals surface area contributed by atoms with Crippen LogP contribution in [0, 0.1) is 5.82 Å². The molecule has 0 fully saturated rings. The molecule has 146 valence electrons. The van der Waals surface area contributed by atoms with Crippen LogP contribution in [0.2, 0.25) is 0 Å². The molecule has 0 bridgehead atoms. The number of hydrogen-bond donors (Lipinski definition) is 2. The lowest BCUT2D eigenvalue weighted by atomic mass is 10.1. The van der Waals surface area contributed by atoms with Crippen LogP contribution in [0.1, 0.15) is 10.4 Å². The van der Waals surface area contributed by atoms with Crippen molar-refractivity contribution >= 4 is 21.7 Å². The highest BCUT2D eigenvalue weighted by Gasteiger charge is 2.22. The van der Waals surface area contributed by atoms with E-state index in [-0.39, 0.29) is 40.9 Å². The van der Waals surface area contributed by atoms with Crippen LogP contribution in [0.25, 0.3) is 0 Å². The van der Waals surface area contributed by atoms with Crippen molar-refractivity contribution in [2.75, 3.05) is 32.2 Å². The Hall–Kier alpha value is -2.85. The molecule has 2 rings (SSSR count). The molecule has 27 heavy (non-hydrogen) atoms. The molecule has 0 aromatic heterocycles. The minimum Gasteiger partial charge on any atom is -0.493 e. The molecule has 0 aliphatic heterocycles. The fourth-order valence-corrected chi connectivity index (χ4v) is 3.27. The van der Waals surface area contributed by atoms with Gasteiger partial charge in [0, 0.05) is 19.2 Å². The van der Waals surface area contributed by atoms with Gasteiger partial charge in [-0.05, 0) is 18.2 Å². The van der Waals surface area contributed by atoms with Gasteiger partial charge in [0.15, 0.2) is 11.5 Å². The Bertz CT molecular complexity index is 931. The number of carboxylic acid groups (broad SMARTS) is 1. The van der Waals surface area contributed by atoms with E-state index in [0.29, 0.717) is 0 Å². The van der Waals surface area contributed by atoms with Crippen LogP contribution in [0.5, 0.6) is 11.5 Å². The summed E-state index contributed by atoms with van der Waals surface area (Å²) in [7, 11) is -1.43. The van der Waals surface area contributed by atoms with Crippen molar-refractivity contribution in [2.24, 2.45) is 0 Å². The zero-order chi connectivity index (χ0) is 20.0.